The third kappa shape index (κ3) is 5.03. The zero-order valence-corrected chi connectivity index (χ0v) is 20.6. The van der Waals surface area contributed by atoms with E-state index in [9.17, 15) is 4.79 Å². The maximum Gasteiger partial charge on any atom is 0.193 e. The quantitative estimate of drug-likeness (QED) is 0.365. The van der Waals surface area contributed by atoms with Crippen molar-refractivity contribution in [2.24, 2.45) is 0 Å². The molecule has 0 spiro atoms. The van der Waals surface area contributed by atoms with Crippen LogP contribution in [0.2, 0.25) is 0 Å². The van der Waals surface area contributed by atoms with Crippen LogP contribution in [0.15, 0.2) is 72.8 Å². The van der Waals surface area contributed by atoms with Crippen LogP contribution in [-0.4, -0.2) is 37.1 Å². The van der Waals surface area contributed by atoms with Gasteiger partial charge in [-0.25, -0.2) is 0 Å². The summed E-state index contributed by atoms with van der Waals surface area (Å²) in [5.74, 6) is 1.67. The molecule has 180 valence electrons. The number of methoxy groups -OCH3 is 1. The molecule has 0 bridgehead atoms. The predicted molar refractivity (Wildman–Crippen MR) is 141 cm³/mol. The Labute approximate surface area is 208 Å². The van der Waals surface area contributed by atoms with Crippen molar-refractivity contribution in [3.05, 3.63) is 95.1 Å². The number of Topliss-reactive ketones (excluding diaryl/α,β-unsaturated/α-hetero) is 1. The maximum absolute atomic E-state index is 13.9. The molecular weight excluding hydrogens is 434 g/mol. The normalized spacial score (nSPS) is 17.0. The Kier molecular flexibility index (Phi) is 7.01. The van der Waals surface area contributed by atoms with Gasteiger partial charge in [0.25, 0.3) is 0 Å². The number of benzene rings is 3. The fourth-order valence-electron chi connectivity index (χ4n) is 5.25. The first-order valence-corrected chi connectivity index (χ1v) is 12.7. The lowest BCUT2D eigenvalue weighted by Gasteiger charge is -2.32. The third-order valence-corrected chi connectivity index (χ3v) is 7.23. The number of ketones is 1. The molecule has 1 aliphatic carbocycles. The Balaban J connectivity index is 1.44. The van der Waals surface area contributed by atoms with Crippen molar-refractivity contribution in [3.8, 4) is 11.5 Å². The summed E-state index contributed by atoms with van der Waals surface area (Å²) in [5.41, 5.74) is 5.90. The van der Waals surface area contributed by atoms with Gasteiger partial charge in [-0.05, 0) is 91.3 Å². The summed E-state index contributed by atoms with van der Waals surface area (Å²) < 4.78 is 11.5. The minimum Gasteiger partial charge on any atom is -0.497 e. The second-order valence-electron chi connectivity index (χ2n) is 9.41. The van der Waals surface area contributed by atoms with E-state index in [0.717, 1.165) is 59.7 Å². The molecule has 1 fully saturated rings. The van der Waals surface area contributed by atoms with Crippen molar-refractivity contribution in [2.75, 3.05) is 20.2 Å². The van der Waals surface area contributed by atoms with E-state index < -0.39 is 0 Å². The Morgan fingerprint density at radius 2 is 1.51 bits per heavy atom. The number of carbonyl (C=O) groups excluding carboxylic acids is 1. The lowest BCUT2D eigenvalue weighted by atomic mass is 9.79. The standard InChI is InChI=1S/C31H33NO3/c1-22(32-20-6-3-7-21-32)35-27-17-12-25(13-18-27)31(33)30-28-9-5-4-8-23(28)14-19-29(30)24-10-15-26(34-2)16-11-24/h4-5,8-13,15-18,22H,3,6-7,14,19-21H2,1-2H3. The van der Waals surface area contributed by atoms with E-state index in [1.165, 1.54) is 24.8 Å². The van der Waals surface area contributed by atoms with Crippen LogP contribution in [0.1, 0.15) is 59.7 Å². The largest absolute Gasteiger partial charge is 0.497 e. The smallest absolute Gasteiger partial charge is 0.193 e. The summed E-state index contributed by atoms with van der Waals surface area (Å²) in [6.07, 6.45) is 5.56. The van der Waals surface area contributed by atoms with E-state index in [1.807, 2.05) is 54.6 Å². The summed E-state index contributed by atoms with van der Waals surface area (Å²) >= 11 is 0. The van der Waals surface area contributed by atoms with Gasteiger partial charge in [-0.1, -0.05) is 42.8 Å². The number of fused-ring (bicyclic) bond motifs is 1. The molecule has 0 aromatic heterocycles. The van der Waals surface area contributed by atoms with E-state index in [2.05, 4.69) is 30.0 Å². The van der Waals surface area contributed by atoms with Gasteiger partial charge in [0.2, 0.25) is 0 Å². The van der Waals surface area contributed by atoms with Crippen molar-refractivity contribution >= 4 is 16.9 Å². The van der Waals surface area contributed by atoms with E-state index in [4.69, 9.17) is 9.47 Å². The Morgan fingerprint density at radius 3 is 2.23 bits per heavy atom. The molecule has 0 amide bonds. The van der Waals surface area contributed by atoms with E-state index >= 15 is 0 Å². The monoisotopic (exact) mass is 467 g/mol. The molecule has 1 heterocycles. The minimum atomic E-state index is 0.0338. The zero-order chi connectivity index (χ0) is 24.2. The molecule has 1 saturated heterocycles. The minimum absolute atomic E-state index is 0.0338. The number of likely N-dealkylation sites (tertiary alicyclic amines) is 1. The molecule has 4 nitrogen and oxygen atoms in total. The Hall–Kier alpha value is -3.37. The van der Waals surface area contributed by atoms with Gasteiger partial charge in [-0.15, -0.1) is 0 Å². The van der Waals surface area contributed by atoms with Gasteiger partial charge in [-0.2, -0.15) is 0 Å². The van der Waals surface area contributed by atoms with Crippen LogP contribution in [0.4, 0.5) is 0 Å². The lowest BCUT2D eigenvalue weighted by molar-refractivity contribution is 0.0262. The van der Waals surface area contributed by atoms with Gasteiger partial charge in [0.1, 0.15) is 17.7 Å². The fourth-order valence-corrected chi connectivity index (χ4v) is 5.25. The first kappa shape index (κ1) is 23.4. The highest BCUT2D eigenvalue weighted by molar-refractivity contribution is 6.35. The van der Waals surface area contributed by atoms with Gasteiger partial charge in [-0.3, -0.25) is 9.69 Å². The first-order chi connectivity index (χ1) is 17.1. The molecule has 1 atom stereocenters. The van der Waals surface area contributed by atoms with Gasteiger partial charge < -0.3 is 9.47 Å². The summed E-state index contributed by atoms with van der Waals surface area (Å²) in [4.78, 5) is 16.3. The molecule has 3 aromatic rings. The summed E-state index contributed by atoms with van der Waals surface area (Å²) in [5, 5.41) is 0. The molecule has 35 heavy (non-hydrogen) atoms. The number of nitrogens with zero attached hydrogens (tertiary/aromatic N) is 1. The molecule has 0 N–H and O–H groups in total. The van der Waals surface area contributed by atoms with Crippen LogP contribution in [0.5, 0.6) is 11.5 Å². The molecule has 1 aliphatic heterocycles. The van der Waals surface area contributed by atoms with Crippen LogP contribution < -0.4 is 9.47 Å². The van der Waals surface area contributed by atoms with Gasteiger partial charge in [0.05, 0.1) is 7.11 Å². The van der Waals surface area contributed by atoms with Crippen LogP contribution in [-0.2, 0) is 6.42 Å². The average Bonchev–Trinajstić information content (AvgIpc) is 2.93. The van der Waals surface area contributed by atoms with Gasteiger partial charge in [0.15, 0.2) is 5.78 Å². The highest BCUT2D eigenvalue weighted by Gasteiger charge is 2.26. The second kappa shape index (κ2) is 10.5. The van der Waals surface area contributed by atoms with E-state index in [0.29, 0.717) is 5.56 Å². The van der Waals surface area contributed by atoms with Crippen molar-refractivity contribution in [1.29, 1.82) is 0 Å². The van der Waals surface area contributed by atoms with Gasteiger partial charge in [0, 0.05) is 24.2 Å². The predicted octanol–water partition coefficient (Wildman–Crippen LogP) is 6.65. The number of allylic oxidation sites excluding steroid dienone is 2. The molecule has 1 unspecified atom stereocenters. The summed E-state index contributed by atoms with van der Waals surface area (Å²) in [6.45, 7) is 4.27. The van der Waals surface area contributed by atoms with Crippen LogP contribution in [0.3, 0.4) is 0 Å². The highest BCUT2D eigenvalue weighted by atomic mass is 16.5. The van der Waals surface area contributed by atoms with Crippen molar-refractivity contribution < 1.29 is 14.3 Å². The highest BCUT2D eigenvalue weighted by Crippen LogP contribution is 2.39. The number of hydrogen-bond donors (Lipinski definition) is 0. The number of carbonyl (C=O) groups is 1. The first-order valence-electron chi connectivity index (χ1n) is 12.7. The summed E-state index contributed by atoms with van der Waals surface area (Å²) in [6, 6.07) is 23.9. The van der Waals surface area contributed by atoms with Crippen LogP contribution in [0, 0.1) is 0 Å². The Morgan fingerprint density at radius 1 is 0.829 bits per heavy atom. The van der Waals surface area contributed by atoms with Crippen molar-refractivity contribution in [2.45, 2.75) is 45.3 Å². The fraction of sp³-hybridized carbons (Fsp3) is 0.323. The topological polar surface area (TPSA) is 38.8 Å². The number of hydrogen-bond acceptors (Lipinski definition) is 4. The number of aryl methyl sites for hydroxylation is 1. The third-order valence-electron chi connectivity index (χ3n) is 7.23. The maximum atomic E-state index is 13.9. The van der Waals surface area contributed by atoms with E-state index in [-0.39, 0.29) is 12.0 Å². The number of ether oxygens (including phenoxy) is 2. The molecule has 5 rings (SSSR count). The van der Waals surface area contributed by atoms with Crippen LogP contribution in [0.25, 0.3) is 11.1 Å². The van der Waals surface area contributed by atoms with Crippen LogP contribution >= 0.6 is 0 Å². The molecule has 2 aliphatic rings. The average molecular weight is 468 g/mol. The molecule has 0 radical (unpaired) electrons. The van der Waals surface area contributed by atoms with Crippen molar-refractivity contribution in [3.63, 3.8) is 0 Å². The second-order valence-corrected chi connectivity index (χ2v) is 9.41. The molecule has 3 aromatic carbocycles. The summed E-state index contributed by atoms with van der Waals surface area (Å²) in [7, 11) is 1.67. The Bertz CT molecular complexity index is 1200. The SMILES string of the molecule is COc1ccc(C2=C(C(=O)c3ccc(OC(C)N4CCCCC4)cc3)c3ccccc3CC2)cc1. The lowest BCUT2D eigenvalue weighted by Crippen LogP contribution is -2.40. The van der Waals surface area contributed by atoms with Crippen molar-refractivity contribution in [1.82, 2.24) is 4.90 Å². The van der Waals surface area contributed by atoms with E-state index in [1.54, 1.807) is 7.11 Å². The number of rotatable bonds is 7. The van der Waals surface area contributed by atoms with Gasteiger partial charge >= 0.3 is 0 Å². The number of piperidine rings is 1. The molecule has 4 heteroatoms. The molecule has 0 saturated carbocycles. The zero-order valence-electron chi connectivity index (χ0n) is 20.6. The molecular formula is C31H33NO3.